The lowest BCUT2D eigenvalue weighted by Gasteiger charge is -2.31. The zero-order chi connectivity index (χ0) is 22.5. The Hall–Kier alpha value is -2.11. The molecule has 164 valence electrons. The number of hydrogen-bond acceptors (Lipinski definition) is 4. The number of ether oxygens (including phenoxy) is 2. The predicted octanol–water partition coefficient (Wildman–Crippen LogP) is 5.13. The van der Waals surface area contributed by atoms with Crippen molar-refractivity contribution in [2.45, 2.75) is 43.5 Å². The van der Waals surface area contributed by atoms with Gasteiger partial charge in [0.2, 0.25) is 0 Å². The lowest BCUT2D eigenvalue weighted by molar-refractivity contribution is -0.344. The Bertz CT molecular complexity index is 727. The molecule has 0 atom stereocenters. The topological polar surface area (TPSA) is 52.6 Å². The highest BCUT2D eigenvalue weighted by molar-refractivity contribution is 6.30. The van der Waals surface area contributed by atoms with Crippen molar-refractivity contribution in [1.82, 2.24) is 0 Å². The Morgan fingerprint density at radius 3 is 2.14 bits per heavy atom. The van der Waals surface area contributed by atoms with Crippen LogP contribution in [-0.4, -0.2) is 42.7 Å². The summed E-state index contributed by atoms with van der Waals surface area (Å²) in [5.41, 5.74) is 0. The van der Waals surface area contributed by atoms with E-state index in [-0.39, 0.29) is 17.2 Å². The number of carbonyl (C=O) groups is 2. The molecule has 29 heavy (non-hydrogen) atoms. The average Bonchev–Trinajstić information content (AvgIpc) is 2.59. The maximum Gasteiger partial charge on any atom is 0.381 e. The molecule has 0 bridgehead atoms. The molecule has 0 heterocycles. The molecular weight excluding hydrogens is 444 g/mol. The second kappa shape index (κ2) is 9.59. The van der Waals surface area contributed by atoms with Crippen LogP contribution in [0.4, 0.5) is 35.1 Å². The van der Waals surface area contributed by atoms with E-state index >= 15 is 0 Å². The van der Waals surface area contributed by atoms with E-state index in [1.165, 1.54) is 24.3 Å². The van der Waals surface area contributed by atoms with Crippen LogP contribution >= 0.6 is 11.6 Å². The molecule has 1 aromatic rings. The quantitative estimate of drug-likeness (QED) is 0.278. The van der Waals surface area contributed by atoms with Crippen LogP contribution in [0.5, 0.6) is 5.75 Å². The summed E-state index contributed by atoms with van der Waals surface area (Å²) in [6, 6.07) is 5.70. The molecular formula is C16H13ClF8O4. The fourth-order valence-electron chi connectivity index (χ4n) is 1.80. The summed E-state index contributed by atoms with van der Waals surface area (Å²) in [5.74, 6) is -20.8. The number of carbonyl (C=O) groups excluding carboxylic acids is 2. The summed E-state index contributed by atoms with van der Waals surface area (Å²) in [5, 5.41) is 0.272. The van der Waals surface area contributed by atoms with Crippen molar-refractivity contribution in [2.24, 2.45) is 0 Å². The number of alkyl halides is 8. The minimum atomic E-state index is -6.46. The standard InChI is InChI=1S/C16H13ClF8O4/c17-9-3-1-4-10(7-9)29-12(27)6-2-5-11(26)28-8-14(20,21)16(24,25)15(22,23)13(18)19/h1,3-4,7,13H,2,5-6,8H2. The van der Waals surface area contributed by atoms with Gasteiger partial charge in [-0.3, -0.25) is 9.59 Å². The largest absolute Gasteiger partial charge is 0.459 e. The van der Waals surface area contributed by atoms with Crippen LogP contribution in [0.25, 0.3) is 0 Å². The maximum atomic E-state index is 13.2. The molecule has 13 heteroatoms. The van der Waals surface area contributed by atoms with E-state index in [2.05, 4.69) is 4.74 Å². The van der Waals surface area contributed by atoms with Gasteiger partial charge in [-0.05, 0) is 24.6 Å². The van der Waals surface area contributed by atoms with Gasteiger partial charge in [0.05, 0.1) is 0 Å². The summed E-state index contributed by atoms with van der Waals surface area (Å²) in [4.78, 5) is 22.8. The second-order valence-electron chi connectivity index (χ2n) is 5.65. The molecule has 0 spiro atoms. The highest BCUT2D eigenvalue weighted by atomic mass is 35.5. The Labute approximate surface area is 163 Å². The predicted molar refractivity (Wildman–Crippen MR) is 82.7 cm³/mol. The van der Waals surface area contributed by atoms with Gasteiger partial charge in [-0.25, -0.2) is 8.78 Å². The third-order valence-electron chi connectivity index (χ3n) is 3.36. The van der Waals surface area contributed by atoms with Gasteiger partial charge >= 0.3 is 36.1 Å². The Balaban J connectivity index is 2.47. The summed E-state index contributed by atoms with van der Waals surface area (Å²) in [6.45, 7) is -2.55. The molecule has 0 amide bonds. The van der Waals surface area contributed by atoms with Crippen LogP contribution in [0.3, 0.4) is 0 Å². The van der Waals surface area contributed by atoms with E-state index in [1.54, 1.807) is 0 Å². The van der Waals surface area contributed by atoms with Crippen molar-refractivity contribution in [3.63, 3.8) is 0 Å². The Morgan fingerprint density at radius 1 is 1.00 bits per heavy atom. The fraction of sp³-hybridized carbons (Fsp3) is 0.500. The number of hydrogen-bond donors (Lipinski definition) is 0. The lowest BCUT2D eigenvalue weighted by Crippen LogP contribution is -2.59. The molecule has 0 fully saturated rings. The maximum absolute atomic E-state index is 13.2. The first-order chi connectivity index (χ1) is 13.2. The first kappa shape index (κ1) is 24.9. The SMILES string of the molecule is O=C(CCCC(=O)Oc1cccc(Cl)c1)OCC(F)(F)C(F)(F)C(F)(F)C(F)F. The van der Waals surface area contributed by atoms with Crippen molar-refractivity contribution in [2.75, 3.05) is 6.61 Å². The molecule has 0 unspecified atom stereocenters. The molecule has 0 aliphatic rings. The van der Waals surface area contributed by atoms with Crippen LogP contribution in [0, 0.1) is 0 Å². The molecule has 0 N–H and O–H groups in total. The van der Waals surface area contributed by atoms with Crippen molar-refractivity contribution < 1.29 is 54.2 Å². The number of rotatable bonds is 10. The molecule has 1 rings (SSSR count). The monoisotopic (exact) mass is 456 g/mol. The smallest absolute Gasteiger partial charge is 0.381 e. The molecule has 0 aliphatic heterocycles. The van der Waals surface area contributed by atoms with Gasteiger partial charge in [0.25, 0.3) is 0 Å². The molecule has 0 aliphatic carbocycles. The van der Waals surface area contributed by atoms with E-state index < -0.39 is 55.6 Å². The molecule has 4 nitrogen and oxygen atoms in total. The van der Waals surface area contributed by atoms with Crippen LogP contribution in [0.1, 0.15) is 19.3 Å². The van der Waals surface area contributed by atoms with Gasteiger partial charge in [0.1, 0.15) is 5.75 Å². The zero-order valence-electron chi connectivity index (χ0n) is 14.2. The average molecular weight is 457 g/mol. The number of esters is 2. The van der Waals surface area contributed by atoms with Crippen molar-refractivity contribution in [1.29, 1.82) is 0 Å². The fourth-order valence-corrected chi connectivity index (χ4v) is 1.99. The lowest BCUT2D eigenvalue weighted by atomic mass is 10.1. The summed E-state index contributed by atoms with van der Waals surface area (Å²) >= 11 is 5.67. The van der Waals surface area contributed by atoms with Gasteiger partial charge in [-0.1, -0.05) is 17.7 Å². The van der Waals surface area contributed by atoms with E-state index in [0.717, 1.165) is 0 Å². The number of halogens is 9. The Morgan fingerprint density at radius 2 is 1.59 bits per heavy atom. The highest BCUT2D eigenvalue weighted by Crippen LogP contribution is 2.48. The van der Waals surface area contributed by atoms with E-state index in [4.69, 9.17) is 16.3 Å². The van der Waals surface area contributed by atoms with Gasteiger partial charge in [0, 0.05) is 17.9 Å². The van der Waals surface area contributed by atoms with Crippen LogP contribution in [0.15, 0.2) is 24.3 Å². The summed E-state index contributed by atoms with van der Waals surface area (Å²) < 4.78 is 110. The van der Waals surface area contributed by atoms with E-state index in [9.17, 15) is 44.7 Å². The third-order valence-corrected chi connectivity index (χ3v) is 3.59. The van der Waals surface area contributed by atoms with Gasteiger partial charge in [0.15, 0.2) is 6.61 Å². The first-order valence-electron chi connectivity index (χ1n) is 7.74. The van der Waals surface area contributed by atoms with Gasteiger partial charge in [-0.15, -0.1) is 0 Å². The van der Waals surface area contributed by atoms with Gasteiger partial charge < -0.3 is 9.47 Å². The number of benzene rings is 1. The van der Waals surface area contributed by atoms with Crippen molar-refractivity contribution >= 4 is 23.5 Å². The second-order valence-corrected chi connectivity index (χ2v) is 6.08. The molecule has 0 saturated carbocycles. The summed E-state index contributed by atoms with van der Waals surface area (Å²) in [7, 11) is 0. The van der Waals surface area contributed by atoms with Crippen LogP contribution in [0.2, 0.25) is 5.02 Å². The van der Waals surface area contributed by atoms with Crippen LogP contribution < -0.4 is 4.74 Å². The molecule has 0 aromatic heterocycles. The molecule has 0 radical (unpaired) electrons. The Kier molecular flexibility index (Phi) is 8.25. The third kappa shape index (κ3) is 6.44. The normalized spacial score (nSPS) is 12.8. The van der Waals surface area contributed by atoms with E-state index in [0.29, 0.717) is 0 Å². The zero-order valence-corrected chi connectivity index (χ0v) is 15.0. The van der Waals surface area contributed by atoms with Crippen LogP contribution in [-0.2, 0) is 14.3 Å². The minimum absolute atomic E-state index is 0.0897. The van der Waals surface area contributed by atoms with Crippen molar-refractivity contribution in [3.8, 4) is 5.75 Å². The molecule has 0 saturated heterocycles. The highest BCUT2D eigenvalue weighted by Gasteiger charge is 2.75. The minimum Gasteiger partial charge on any atom is -0.459 e. The summed E-state index contributed by atoms with van der Waals surface area (Å²) in [6.07, 6.45) is -6.51. The van der Waals surface area contributed by atoms with Crippen molar-refractivity contribution in [3.05, 3.63) is 29.3 Å². The first-order valence-corrected chi connectivity index (χ1v) is 8.12. The van der Waals surface area contributed by atoms with E-state index in [1.807, 2.05) is 0 Å². The van der Waals surface area contributed by atoms with Gasteiger partial charge in [-0.2, -0.15) is 26.3 Å². The molecule has 1 aromatic carbocycles.